The summed E-state index contributed by atoms with van der Waals surface area (Å²) in [5.74, 6) is 0.118. The molecule has 0 unspecified atom stereocenters. The zero-order chi connectivity index (χ0) is 23.6. The zero-order valence-corrected chi connectivity index (χ0v) is 19.7. The zero-order valence-electron chi connectivity index (χ0n) is 18.1. The SMILES string of the molecule is COC(=O)c1ccccc1NC(=O)CSc1cccc(NC(=S)Nc2ccccc2OC)c1. The lowest BCUT2D eigenvalue weighted by molar-refractivity contribution is -0.113. The van der Waals surface area contributed by atoms with E-state index in [4.69, 9.17) is 21.7 Å². The van der Waals surface area contributed by atoms with Crippen molar-refractivity contribution in [2.75, 3.05) is 35.9 Å². The summed E-state index contributed by atoms with van der Waals surface area (Å²) in [5, 5.41) is 9.43. The molecule has 3 aromatic carbocycles. The number of carbonyl (C=O) groups excluding carboxylic acids is 2. The third-order valence-electron chi connectivity index (χ3n) is 4.42. The van der Waals surface area contributed by atoms with Gasteiger partial charge in [-0.2, -0.15) is 0 Å². The van der Waals surface area contributed by atoms with Gasteiger partial charge in [0.2, 0.25) is 5.91 Å². The van der Waals surface area contributed by atoms with E-state index in [1.54, 1.807) is 31.4 Å². The molecule has 0 saturated carbocycles. The summed E-state index contributed by atoms with van der Waals surface area (Å²) >= 11 is 6.77. The van der Waals surface area contributed by atoms with Gasteiger partial charge >= 0.3 is 5.97 Å². The second-order valence-electron chi connectivity index (χ2n) is 6.68. The van der Waals surface area contributed by atoms with Crippen LogP contribution >= 0.6 is 24.0 Å². The number of rotatable bonds is 8. The number of thioether (sulfide) groups is 1. The molecule has 3 N–H and O–H groups in total. The Morgan fingerprint density at radius 3 is 2.36 bits per heavy atom. The van der Waals surface area contributed by atoms with Gasteiger partial charge in [0, 0.05) is 10.6 Å². The van der Waals surface area contributed by atoms with Gasteiger partial charge in [-0.3, -0.25) is 4.79 Å². The summed E-state index contributed by atoms with van der Waals surface area (Å²) in [5.41, 5.74) is 2.26. The lowest BCUT2D eigenvalue weighted by Gasteiger charge is -2.14. The van der Waals surface area contributed by atoms with Crippen LogP contribution in [-0.4, -0.2) is 37.0 Å². The summed E-state index contributed by atoms with van der Waals surface area (Å²) in [6.45, 7) is 0. The smallest absolute Gasteiger partial charge is 0.339 e. The molecular formula is C24H23N3O4S2. The molecule has 1 amide bonds. The van der Waals surface area contributed by atoms with Crippen molar-refractivity contribution in [1.29, 1.82) is 0 Å². The lowest BCUT2D eigenvalue weighted by atomic mass is 10.2. The van der Waals surface area contributed by atoms with Gasteiger partial charge in [0.1, 0.15) is 5.75 Å². The first-order valence-corrected chi connectivity index (χ1v) is 11.3. The maximum absolute atomic E-state index is 12.4. The number of nitrogens with one attached hydrogen (secondary N) is 3. The van der Waals surface area contributed by atoms with Crippen molar-refractivity contribution in [1.82, 2.24) is 0 Å². The van der Waals surface area contributed by atoms with Crippen molar-refractivity contribution < 1.29 is 19.1 Å². The number of hydrogen-bond acceptors (Lipinski definition) is 6. The van der Waals surface area contributed by atoms with Crippen LogP contribution in [0.1, 0.15) is 10.4 Å². The van der Waals surface area contributed by atoms with E-state index in [1.807, 2.05) is 48.5 Å². The summed E-state index contributed by atoms with van der Waals surface area (Å²) in [6.07, 6.45) is 0. The molecule has 0 spiro atoms. The van der Waals surface area contributed by atoms with Crippen molar-refractivity contribution in [3.8, 4) is 5.75 Å². The van der Waals surface area contributed by atoms with E-state index in [0.29, 0.717) is 22.1 Å². The number of ether oxygens (including phenoxy) is 2. The molecule has 0 aliphatic rings. The third-order valence-corrected chi connectivity index (χ3v) is 5.62. The van der Waals surface area contributed by atoms with E-state index >= 15 is 0 Å². The molecule has 0 radical (unpaired) electrons. The Labute approximate surface area is 201 Å². The van der Waals surface area contributed by atoms with E-state index in [1.165, 1.54) is 18.9 Å². The number of amides is 1. The molecule has 0 aliphatic heterocycles. The minimum atomic E-state index is -0.505. The third kappa shape index (κ3) is 6.96. The van der Waals surface area contributed by atoms with Gasteiger partial charge in [-0.05, 0) is 54.7 Å². The number of carbonyl (C=O) groups is 2. The summed E-state index contributed by atoms with van der Waals surface area (Å²) in [7, 11) is 2.90. The molecule has 3 rings (SSSR count). The fourth-order valence-electron chi connectivity index (χ4n) is 2.91. The Morgan fingerprint density at radius 2 is 1.61 bits per heavy atom. The van der Waals surface area contributed by atoms with Crippen molar-refractivity contribution in [2.45, 2.75) is 4.90 Å². The number of methoxy groups -OCH3 is 2. The van der Waals surface area contributed by atoms with Gasteiger partial charge in [0.15, 0.2) is 5.11 Å². The Kier molecular flexibility index (Phi) is 8.68. The van der Waals surface area contributed by atoms with Crippen LogP contribution in [0.4, 0.5) is 17.1 Å². The first-order valence-electron chi connectivity index (χ1n) is 9.91. The molecule has 0 aliphatic carbocycles. The van der Waals surface area contributed by atoms with Crippen molar-refractivity contribution >= 4 is 58.0 Å². The Hall–Kier alpha value is -3.56. The van der Waals surface area contributed by atoms with Crippen molar-refractivity contribution in [3.05, 3.63) is 78.4 Å². The number of benzene rings is 3. The average molecular weight is 482 g/mol. The summed E-state index contributed by atoms with van der Waals surface area (Å²) in [6, 6.07) is 21.8. The molecule has 0 aromatic heterocycles. The summed E-state index contributed by atoms with van der Waals surface area (Å²) in [4.78, 5) is 25.2. The standard InChI is InChI=1S/C24H23N3O4S2/c1-30-21-13-6-5-12-20(21)27-24(32)25-16-8-7-9-17(14-16)33-15-22(28)26-19-11-4-3-10-18(19)23(29)31-2/h3-14H,15H2,1-2H3,(H,26,28)(H2,25,27,32). The first-order chi connectivity index (χ1) is 16.0. The largest absolute Gasteiger partial charge is 0.495 e. The highest BCUT2D eigenvalue weighted by Crippen LogP contribution is 2.25. The van der Waals surface area contributed by atoms with Gasteiger partial charge in [0.05, 0.1) is 36.9 Å². The number of hydrogen-bond donors (Lipinski definition) is 3. The molecule has 33 heavy (non-hydrogen) atoms. The van der Waals surface area contributed by atoms with Crippen LogP contribution in [0.5, 0.6) is 5.75 Å². The number of anilines is 3. The maximum atomic E-state index is 12.4. The number of thiocarbonyl (C=S) groups is 1. The fourth-order valence-corrected chi connectivity index (χ4v) is 3.89. The molecular weight excluding hydrogens is 458 g/mol. The predicted octanol–water partition coefficient (Wildman–Crippen LogP) is 5.02. The average Bonchev–Trinajstić information content (AvgIpc) is 2.83. The minimum Gasteiger partial charge on any atom is -0.495 e. The van der Waals surface area contributed by atoms with Crippen LogP contribution in [0.15, 0.2) is 77.7 Å². The second kappa shape index (κ2) is 11.9. The van der Waals surface area contributed by atoms with Crippen LogP contribution in [0.2, 0.25) is 0 Å². The van der Waals surface area contributed by atoms with Crippen LogP contribution in [-0.2, 0) is 9.53 Å². The molecule has 7 nitrogen and oxygen atoms in total. The molecule has 0 heterocycles. The van der Waals surface area contributed by atoms with Gasteiger partial charge in [-0.25, -0.2) is 4.79 Å². The van der Waals surface area contributed by atoms with Gasteiger partial charge in [0.25, 0.3) is 0 Å². The molecule has 170 valence electrons. The number of para-hydroxylation sites is 3. The molecule has 3 aromatic rings. The summed E-state index contributed by atoms with van der Waals surface area (Å²) < 4.78 is 10.1. The van der Waals surface area contributed by atoms with E-state index in [-0.39, 0.29) is 11.7 Å². The molecule has 0 fully saturated rings. The second-order valence-corrected chi connectivity index (χ2v) is 8.14. The fraction of sp³-hybridized carbons (Fsp3) is 0.125. The quantitative estimate of drug-likeness (QED) is 0.235. The normalized spacial score (nSPS) is 10.1. The van der Waals surface area contributed by atoms with Crippen LogP contribution in [0.25, 0.3) is 0 Å². The van der Waals surface area contributed by atoms with Gasteiger partial charge < -0.3 is 25.4 Å². The van der Waals surface area contributed by atoms with Gasteiger partial charge in [-0.1, -0.05) is 30.3 Å². The van der Waals surface area contributed by atoms with E-state index in [2.05, 4.69) is 16.0 Å². The lowest BCUT2D eigenvalue weighted by Crippen LogP contribution is -2.19. The number of esters is 1. The molecule has 9 heteroatoms. The molecule has 0 saturated heterocycles. The Bertz CT molecular complexity index is 1150. The van der Waals surface area contributed by atoms with E-state index < -0.39 is 5.97 Å². The van der Waals surface area contributed by atoms with Crippen molar-refractivity contribution in [2.24, 2.45) is 0 Å². The predicted molar refractivity (Wildman–Crippen MR) is 136 cm³/mol. The Balaban J connectivity index is 1.56. The van der Waals surface area contributed by atoms with Crippen molar-refractivity contribution in [3.63, 3.8) is 0 Å². The van der Waals surface area contributed by atoms with E-state index in [0.717, 1.165) is 16.3 Å². The maximum Gasteiger partial charge on any atom is 0.339 e. The van der Waals surface area contributed by atoms with Crippen LogP contribution < -0.4 is 20.7 Å². The highest BCUT2D eigenvalue weighted by Gasteiger charge is 2.13. The van der Waals surface area contributed by atoms with Gasteiger partial charge in [-0.15, -0.1) is 11.8 Å². The topological polar surface area (TPSA) is 88.7 Å². The van der Waals surface area contributed by atoms with Crippen LogP contribution in [0.3, 0.4) is 0 Å². The monoisotopic (exact) mass is 481 g/mol. The first kappa shape index (κ1) is 24.1. The van der Waals surface area contributed by atoms with E-state index in [9.17, 15) is 9.59 Å². The van der Waals surface area contributed by atoms with Crippen LogP contribution in [0, 0.1) is 0 Å². The minimum absolute atomic E-state index is 0.170. The molecule has 0 bridgehead atoms. The highest BCUT2D eigenvalue weighted by atomic mass is 32.2. The molecule has 0 atom stereocenters. The highest BCUT2D eigenvalue weighted by molar-refractivity contribution is 8.00. The Morgan fingerprint density at radius 1 is 0.879 bits per heavy atom.